The van der Waals surface area contributed by atoms with Crippen molar-refractivity contribution < 1.29 is 22.7 Å². The minimum Gasteiger partial charge on any atom is -0.458 e. The number of hydrogen-bond acceptors (Lipinski definition) is 5. The molecular weight excluding hydrogens is 351 g/mol. The van der Waals surface area contributed by atoms with Crippen LogP contribution in [0.3, 0.4) is 0 Å². The number of piperidine rings is 1. The number of rotatable bonds is 3. The van der Waals surface area contributed by atoms with Crippen LogP contribution >= 0.6 is 0 Å². The summed E-state index contributed by atoms with van der Waals surface area (Å²) < 4.78 is 43.7. The number of carbonyl (C=O) groups is 1. The van der Waals surface area contributed by atoms with Gasteiger partial charge in [-0.15, -0.1) is 0 Å². The number of H-pyrrole nitrogens is 1. The Morgan fingerprint density at radius 1 is 1.38 bits per heavy atom. The predicted molar refractivity (Wildman–Crippen MR) is 84.6 cm³/mol. The maximum absolute atomic E-state index is 12.7. The summed E-state index contributed by atoms with van der Waals surface area (Å²) in [7, 11) is 0. The Morgan fingerprint density at radius 2 is 2.15 bits per heavy atom. The second-order valence-electron chi connectivity index (χ2n) is 6.16. The molecule has 0 spiro atoms. The predicted octanol–water partition coefficient (Wildman–Crippen LogP) is 2.52. The molecule has 1 aliphatic heterocycles. The normalized spacial score (nSPS) is 18.0. The van der Waals surface area contributed by atoms with E-state index in [4.69, 9.17) is 4.74 Å². The molecular formula is C16H18F3N5O2. The van der Waals surface area contributed by atoms with Crippen LogP contribution in [-0.2, 0) is 6.18 Å². The minimum atomic E-state index is -4.56. The number of alkyl halides is 3. The molecule has 0 bridgehead atoms. The monoisotopic (exact) mass is 369 g/mol. The van der Waals surface area contributed by atoms with Gasteiger partial charge in [-0.2, -0.15) is 23.3 Å². The van der Waals surface area contributed by atoms with Crippen LogP contribution in [0.4, 0.5) is 13.2 Å². The first-order valence-corrected chi connectivity index (χ1v) is 8.13. The molecule has 1 saturated heterocycles. The molecule has 10 heteroatoms. The Morgan fingerprint density at radius 3 is 2.81 bits per heavy atom. The van der Waals surface area contributed by atoms with Crippen molar-refractivity contribution in [2.24, 2.45) is 0 Å². The van der Waals surface area contributed by atoms with E-state index in [1.54, 1.807) is 18.7 Å². The lowest BCUT2D eigenvalue weighted by molar-refractivity contribution is -0.141. The summed E-state index contributed by atoms with van der Waals surface area (Å²) in [6.45, 7) is 4.31. The summed E-state index contributed by atoms with van der Waals surface area (Å²) >= 11 is 0. The number of aryl methyl sites for hydroxylation is 2. The number of aromatic nitrogens is 4. The lowest BCUT2D eigenvalue weighted by Crippen LogP contribution is -2.44. The van der Waals surface area contributed by atoms with E-state index < -0.39 is 18.0 Å². The van der Waals surface area contributed by atoms with Crippen molar-refractivity contribution in [3.05, 3.63) is 34.9 Å². The molecule has 1 unspecified atom stereocenters. The Kier molecular flexibility index (Phi) is 4.84. The maximum Gasteiger partial charge on any atom is 0.433 e. The summed E-state index contributed by atoms with van der Waals surface area (Å²) in [6.07, 6.45) is -2.75. The molecule has 1 atom stereocenters. The second-order valence-corrected chi connectivity index (χ2v) is 6.16. The number of nitrogens with zero attached hydrogens (tertiary/aromatic N) is 4. The van der Waals surface area contributed by atoms with Crippen molar-refractivity contribution in [2.75, 3.05) is 13.1 Å². The lowest BCUT2D eigenvalue weighted by atomic mass is 10.1. The Balaban J connectivity index is 1.70. The Bertz CT molecular complexity index is 786. The van der Waals surface area contributed by atoms with Gasteiger partial charge < -0.3 is 9.64 Å². The quantitative estimate of drug-likeness (QED) is 0.899. The third-order valence-electron chi connectivity index (χ3n) is 4.20. The fraction of sp³-hybridized carbons (Fsp3) is 0.500. The largest absolute Gasteiger partial charge is 0.458 e. The van der Waals surface area contributed by atoms with Gasteiger partial charge in [-0.1, -0.05) is 0 Å². The summed E-state index contributed by atoms with van der Waals surface area (Å²) in [5.41, 5.74) is 0.741. The van der Waals surface area contributed by atoms with Gasteiger partial charge in [0.25, 0.3) is 5.91 Å². The van der Waals surface area contributed by atoms with Gasteiger partial charge in [0.05, 0.1) is 17.8 Å². The summed E-state index contributed by atoms with van der Waals surface area (Å²) in [5, 5.41) is 6.79. The van der Waals surface area contributed by atoms with Crippen LogP contribution in [0.1, 0.15) is 40.3 Å². The fourth-order valence-electron chi connectivity index (χ4n) is 2.95. The fourth-order valence-corrected chi connectivity index (χ4v) is 2.95. The van der Waals surface area contributed by atoms with Gasteiger partial charge in [-0.25, -0.2) is 4.98 Å². The number of carbonyl (C=O) groups excluding carboxylic acids is 1. The van der Waals surface area contributed by atoms with Crippen molar-refractivity contribution in [2.45, 2.75) is 39.0 Å². The smallest absolute Gasteiger partial charge is 0.433 e. The molecule has 7 nitrogen and oxygen atoms in total. The van der Waals surface area contributed by atoms with Crippen LogP contribution in [0.5, 0.6) is 6.01 Å². The highest BCUT2D eigenvalue weighted by Crippen LogP contribution is 2.28. The standard InChI is InChI=1S/C16H18F3N5O2/c1-9-13(10(2)23-22-9)14(25)24-7-3-4-11(8-24)26-15-20-6-5-12(21-15)16(17,18)19/h5-6,11H,3-4,7-8H2,1-2H3,(H,22,23). The highest BCUT2D eigenvalue weighted by molar-refractivity contribution is 5.96. The number of ether oxygens (including phenoxy) is 1. The van der Waals surface area contributed by atoms with E-state index in [0.717, 1.165) is 12.3 Å². The first-order valence-electron chi connectivity index (χ1n) is 8.13. The molecule has 0 saturated carbocycles. The lowest BCUT2D eigenvalue weighted by Gasteiger charge is -2.32. The van der Waals surface area contributed by atoms with Crippen LogP contribution in [0.2, 0.25) is 0 Å². The van der Waals surface area contributed by atoms with E-state index >= 15 is 0 Å². The van der Waals surface area contributed by atoms with Crippen molar-refractivity contribution in [1.82, 2.24) is 25.1 Å². The van der Waals surface area contributed by atoms with Crippen LogP contribution in [0.15, 0.2) is 12.3 Å². The average molecular weight is 369 g/mol. The maximum atomic E-state index is 12.7. The third kappa shape index (κ3) is 3.78. The van der Waals surface area contributed by atoms with E-state index in [2.05, 4.69) is 20.2 Å². The Hall–Kier alpha value is -2.65. The molecule has 2 aromatic heterocycles. The van der Waals surface area contributed by atoms with Crippen molar-refractivity contribution >= 4 is 5.91 Å². The SMILES string of the molecule is Cc1n[nH]c(C)c1C(=O)N1CCCC(Oc2nccc(C(F)(F)F)n2)C1. The number of likely N-dealkylation sites (tertiary alicyclic amines) is 1. The van der Waals surface area contributed by atoms with E-state index in [9.17, 15) is 18.0 Å². The molecule has 140 valence electrons. The van der Waals surface area contributed by atoms with Gasteiger partial charge >= 0.3 is 12.2 Å². The molecule has 1 amide bonds. The molecule has 1 aliphatic rings. The molecule has 3 heterocycles. The zero-order valence-electron chi connectivity index (χ0n) is 14.3. The molecule has 0 aromatic carbocycles. The Labute approximate surface area is 147 Å². The van der Waals surface area contributed by atoms with Crippen LogP contribution in [0, 0.1) is 13.8 Å². The van der Waals surface area contributed by atoms with E-state index in [0.29, 0.717) is 36.3 Å². The highest BCUT2D eigenvalue weighted by Gasteiger charge is 2.34. The van der Waals surface area contributed by atoms with E-state index in [1.165, 1.54) is 0 Å². The van der Waals surface area contributed by atoms with Crippen LogP contribution < -0.4 is 4.74 Å². The molecule has 1 N–H and O–H groups in total. The number of hydrogen-bond donors (Lipinski definition) is 1. The van der Waals surface area contributed by atoms with Gasteiger partial charge in [0.1, 0.15) is 6.10 Å². The minimum absolute atomic E-state index is 0.174. The molecule has 0 aliphatic carbocycles. The van der Waals surface area contributed by atoms with Crippen molar-refractivity contribution in [3.8, 4) is 6.01 Å². The van der Waals surface area contributed by atoms with Crippen molar-refractivity contribution in [1.29, 1.82) is 0 Å². The zero-order valence-corrected chi connectivity index (χ0v) is 14.3. The number of amides is 1. The van der Waals surface area contributed by atoms with Gasteiger partial charge in [0.2, 0.25) is 0 Å². The number of aromatic amines is 1. The summed E-state index contributed by atoms with van der Waals surface area (Å²) in [5.74, 6) is -0.174. The molecule has 1 fully saturated rings. The number of halogens is 3. The van der Waals surface area contributed by atoms with E-state index in [-0.39, 0.29) is 18.5 Å². The first-order chi connectivity index (χ1) is 12.3. The average Bonchev–Trinajstić information content (AvgIpc) is 2.92. The molecule has 0 radical (unpaired) electrons. The van der Waals surface area contributed by atoms with Crippen molar-refractivity contribution in [3.63, 3.8) is 0 Å². The van der Waals surface area contributed by atoms with E-state index in [1.807, 2.05) is 0 Å². The summed E-state index contributed by atoms with van der Waals surface area (Å²) in [6, 6.07) is 0.448. The second kappa shape index (κ2) is 6.93. The molecule has 26 heavy (non-hydrogen) atoms. The van der Waals surface area contributed by atoms with Gasteiger partial charge in [-0.3, -0.25) is 9.89 Å². The van der Waals surface area contributed by atoms with Gasteiger partial charge in [0.15, 0.2) is 5.69 Å². The molecule has 3 rings (SSSR count). The zero-order chi connectivity index (χ0) is 18.9. The molecule has 2 aromatic rings. The van der Waals surface area contributed by atoms with Gasteiger partial charge in [0, 0.05) is 18.4 Å². The van der Waals surface area contributed by atoms with Gasteiger partial charge in [-0.05, 0) is 32.8 Å². The van der Waals surface area contributed by atoms with Crippen LogP contribution in [-0.4, -0.2) is 50.2 Å². The van der Waals surface area contributed by atoms with Crippen LogP contribution in [0.25, 0.3) is 0 Å². The highest BCUT2D eigenvalue weighted by atomic mass is 19.4. The number of nitrogens with one attached hydrogen (secondary N) is 1. The topological polar surface area (TPSA) is 84.0 Å². The summed E-state index contributed by atoms with van der Waals surface area (Å²) in [4.78, 5) is 21.5. The third-order valence-corrected chi connectivity index (χ3v) is 4.20. The first kappa shape index (κ1) is 18.2.